The van der Waals surface area contributed by atoms with E-state index in [4.69, 9.17) is 27.9 Å². The van der Waals surface area contributed by atoms with Gasteiger partial charge >= 0.3 is 11.9 Å². The Balaban J connectivity index is 1.83. The van der Waals surface area contributed by atoms with Crippen LogP contribution < -0.4 is 5.32 Å². The van der Waals surface area contributed by atoms with Gasteiger partial charge in [-0.05, 0) is 31.2 Å². The maximum atomic E-state index is 11.8. The van der Waals surface area contributed by atoms with Gasteiger partial charge in [0.1, 0.15) is 9.75 Å². The van der Waals surface area contributed by atoms with Crippen LogP contribution >= 0.6 is 23.2 Å². The Morgan fingerprint density at radius 3 is 2.26 bits per heavy atom. The summed E-state index contributed by atoms with van der Waals surface area (Å²) < 4.78 is 8.36. The van der Waals surface area contributed by atoms with Crippen LogP contribution in [0.3, 0.4) is 0 Å². The number of ether oxygens (including phenoxy) is 2. The summed E-state index contributed by atoms with van der Waals surface area (Å²) in [7, 11) is 1.28. The first-order valence-corrected chi connectivity index (χ1v) is 7.48. The van der Waals surface area contributed by atoms with Gasteiger partial charge in [-0.15, -0.1) is 23.2 Å². The average Bonchev–Trinajstić information content (AvgIpc) is 3.04. The number of benzene rings is 1. The van der Waals surface area contributed by atoms with E-state index in [1.807, 2.05) is 0 Å². The number of hydrogen-bond donors (Lipinski definition) is 1. The van der Waals surface area contributed by atoms with E-state index in [0.717, 1.165) is 0 Å². The Morgan fingerprint density at radius 2 is 1.78 bits per heavy atom. The number of anilines is 1. The van der Waals surface area contributed by atoms with Gasteiger partial charge in [0.15, 0.2) is 6.61 Å². The second-order valence-electron chi connectivity index (χ2n) is 5.41. The molecule has 0 spiro atoms. The first-order valence-electron chi connectivity index (χ1n) is 6.73. The van der Waals surface area contributed by atoms with E-state index in [2.05, 4.69) is 10.1 Å². The summed E-state index contributed by atoms with van der Waals surface area (Å²) in [5.41, 5.74) is -0.155. The zero-order chi connectivity index (χ0) is 17.3. The van der Waals surface area contributed by atoms with E-state index in [9.17, 15) is 14.4 Å². The Hall–Kier alpha value is -1.79. The smallest absolute Gasteiger partial charge is 0.337 e. The van der Waals surface area contributed by atoms with Crippen molar-refractivity contribution in [3.63, 3.8) is 0 Å². The molecule has 0 radical (unpaired) electrons. The number of esters is 2. The number of rotatable bonds is 5. The maximum Gasteiger partial charge on any atom is 0.337 e. The molecule has 0 saturated heterocycles. The number of hydrogen-bond acceptors (Lipinski definition) is 5. The van der Waals surface area contributed by atoms with Crippen LogP contribution in [0, 0.1) is 5.41 Å². The third kappa shape index (κ3) is 3.76. The largest absolute Gasteiger partial charge is 0.465 e. The maximum absolute atomic E-state index is 11.8. The zero-order valence-corrected chi connectivity index (χ0v) is 14.0. The predicted molar refractivity (Wildman–Crippen MR) is 84.5 cm³/mol. The Labute approximate surface area is 143 Å². The molecule has 1 saturated carbocycles. The Morgan fingerprint density at radius 1 is 1.22 bits per heavy atom. The van der Waals surface area contributed by atoms with E-state index in [1.165, 1.54) is 31.4 Å². The molecule has 0 aromatic heterocycles. The van der Waals surface area contributed by atoms with Crippen molar-refractivity contribution in [3.05, 3.63) is 29.8 Å². The number of carbonyl (C=O) groups is 3. The molecule has 1 aliphatic carbocycles. The van der Waals surface area contributed by atoms with Gasteiger partial charge < -0.3 is 14.8 Å². The van der Waals surface area contributed by atoms with Crippen LogP contribution in [0.2, 0.25) is 0 Å². The van der Waals surface area contributed by atoms with Gasteiger partial charge in [-0.1, -0.05) is 0 Å². The average molecular weight is 360 g/mol. The molecule has 0 aliphatic heterocycles. The predicted octanol–water partition coefficient (Wildman–Crippen LogP) is 2.54. The number of methoxy groups -OCH3 is 1. The summed E-state index contributed by atoms with van der Waals surface area (Å²) in [5.74, 6) is -1.60. The van der Waals surface area contributed by atoms with E-state index >= 15 is 0 Å². The minimum absolute atomic E-state index is 0.290. The quantitative estimate of drug-likeness (QED) is 0.645. The molecule has 23 heavy (non-hydrogen) atoms. The Kier molecular flexibility index (Phi) is 4.87. The van der Waals surface area contributed by atoms with Gasteiger partial charge in [0.25, 0.3) is 5.91 Å². The summed E-state index contributed by atoms with van der Waals surface area (Å²) in [5, 5.41) is 2.54. The van der Waals surface area contributed by atoms with Crippen molar-refractivity contribution >= 4 is 46.7 Å². The molecule has 1 aliphatic rings. The van der Waals surface area contributed by atoms with Crippen molar-refractivity contribution in [3.8, 4) is 0 Å². The monoisotopic (exact) mass is 359 g/mol. The Bertz CT molecular complexity index is 644. The molecule has 1 N–H and O–H groups in total. The van der Waals surface area contributed by atoms with Gasteiger partial charge in [0, 0.05) is 12.1 Å². The summed E-state index contributed by atoms with van der Waals surface area (Å²) >= 11 is 11.7. The molecule has 124 valence electrons. The highest BCUT2D eigenvalue weighted by Crippen LogP contribution is 2.64. The van der Waals surface area contributed by atoms with E-state index in [-0.39, 0.29) is 0 Å². The van der Waals surface area contributed by atoms with Crippen LogP contribution in [0.25, 0.3) is 0 Å². The molecule has 0 bridgehead atoms. The summed E-state index contributed by atoms with van der Waals surface area (Å²) in [6.45, 7) is 1.13. The fourth-order valence-corrected chi connectivity index (χ4v) is 2.61. The number of alkyl halides is 2. The minimum Gasteiger partial charge on any atom is -0.465 e. The second kappa shape index (κ2) is 6.37. The number of halogens is 2. The van der Waals surface area contributed by atoms with Crippen molar-refractivity contribution in [2.24, 2.45) is 5.41 Å². The van der Waals surface area contributed by atoms with E-state index in [1.54, 1.807) is 6.92 Å². The van der Waals surface area contributed by atoms with Gasteiger partial charge in [0.05, 0.1) is 12.7 Å². The highest BCUT2D eigenvalue weighted by atomic mass is 35.5. The first kappa shape index (κ1) is 17.6. The normalized spacial score (nSPS) is 21.2. The number of nitrogens with one attached hydrogen (secondary N) is 1. The fraction of sp³-hybridized carbons (Fsp3) is 0.400. The summed E-state index contributed by atoms with van der Waals surface area (Å²) in [6.07, 6.45) is 0.290. The lowest BCUT2D eigenvalue weighted by Gasteiger charge is -2.12. The molecule has 1 aromatic rings. The summed E-state index contributed by atoms with van der Waals surface area (Å²) in [6, 6.07) is 6.09. The van der Waals surface area contributed by atoms with Crippen molar-refractivity contribution in [2.45, 2.75) is 17.7 Å². The third-order valence-corrected chi connectivity index (χ3v) is 4.73. The molecule has 1 atom stereocenters. The molecule has 1 amide bonds. The van der Waals surface area contributed by atoms with E-state index in [0.29, 0.717) is 17.7 Å². The fourth-order valence-electron chi connectivity index (χ4n) is 1.92. The molecule has 8 heteroatoms. The van der Waals surface area contributed by atoms with Crippen LogP contribution in [-0.2, 0) is 19.1 Å². The van der Waals surface area contributed by atoms with E-state index < -0.39 is 34.2 Å². The molecule has 1 fully saturated rings. The van der Waals surface area contributed by atoms with Crippen molar-refractivity contribution in [1.82, 2.24) is 0 Å². The van der Waals surface area contributed by atoms with Gasteiger partial charge in [-0.2, -0.15) is 0 Å². The van der Waals surface area contributed by atoms with Crippen molar-refractivity contribution < 1.29 is 23.9 Å². The zero-order valence-electron chi connectivity index (χ0n) is 12.5. The highest BCUT2D eigenvalue weighted by Gasteiger charge is 2.69. The molecular formula is C15H15Cl2NO5. The van der Waals surface area contributed by atoms with Crippen LogP contribution in [-0.4, -0.2) is 35.9 Å². The highest BCUT2D eigenvalue weighted by molar-refractivity contribution is 6.53. The van der Waals surface area contributed by atoms with Crippen LogP contribution in [0.4, 0.5) is 5.69 Å². The lowest BCUT2D eigenvalue weighted by atomic mass is 10.1. The molecule has 0 unspecified atom stereocenters. The van der Waals surface area contributed by atoms with Crippen LogP contribution in [0.15, 0.2) is 24.3 Å². The van der Waals surface area contributed by atoms with Gasteiger partial charge in [0.2, 0.25) is 0 Å². The molecule has 0 heterocycles. The number of carbonyl (C=O) groups excluding carboxylic acids is 3. The topological polar surface area (TPSA) is 81.7 Å². The molecule has 6 nitrogen and oxygen atoms in total. The van der Waals surface area contributed by atoms with Crippen LogP contribution in [0.1, 0.15) is 23.7 Å². The first-order chi connectivity index (χ1) is 10.7. The lowest BCUT2D eigenvalue weighted by molar-refractivity contribution is -0.152. The second-order valence-corrected chi connectivity index (χ2v) is 6.89. The lowest BCUT2D eigenvalue weighted by Crippen LogP contribution is -2.26. The van der Waals surface area contributed by atoms with Gasteiger partial charge in [-0.25, -0.2) is 4.79 Å². The van der Waals surface area contributed by atoms with Crippen molar-refractivity contribution in [1.29, 1.82) is 0 Å². The number of amides is 1. The molecule has 1 aromatic carbocycles. The van der Waals surface area contributed by atoms with Crippen LogP contribution in [0.5, 0.6) is 0 Å². The standard InChI is InChI=1S/C15H15Cl2NO5/c1-14(8-15(14,16)17)13(21)23-7-11(19)18-10-5-3-9(4-6-10)12(20)22-2/h3-6H,7-8H2,1-2H3,(H,18,19)/t14-/m1/s1. The van der Waals surface area contributed by atoms with Crippen molar-refractivity contribution in [2.75, 3.05) is 19.0 Å². The molecular weight excluding hydrogens is 345 g/mol. The SMILES string of the molecule is COC(=O)c1ccc(NC(=O)COC(=O)[C@@]2(C)CC2(Cl)Cl)cc1. The third-order valence-electron chi connectivity index (χ3n) is 3.63. The minimum atomic E-state index is -1.13. The van der Waals surface area contributed by atoms with Gasteiger partial charge in [-0.3, -0.25) is 9.59 Å². The summed E-state index contributed by atoms with van der Waals surface area (Å²) in [4.78, 5) is 34.9. The molecule has 2 rings (SSSR count).